The number of anilines is 1. The van der Waals surface area contributed by atoms with Gasteiger partial charge in [0.25, 0.3) is 5.91 Å². The third-order valence-electron chi connectivity index (χ3n) is 4.04. The zero-order valence-electron chi connectivity index (χ0n) is 13.1. The summed E-state index contributed by atoms with van der Waals surface area (Å²) in [5.74, 6) is -1.38. The van der Waals surface area contributed by atoms with Crippen molar-refractivity contribution in [1.29, 1.82) is 0 Å². The Morgan fingerprint density at radius 2 is 2.04 bits per heavy atom. The lowest BCUT2D eigenvalue weighted by atomic mass is 10.1. The lowest BCUT2D eigenvalue weighted by Gasteiger charge is -2.30. The topological polar surface area (TPSA) is 116 Å². The Bertz CT molecular complexity index is 1020. The first-order chi connectivity index (χ1) is 12.3. The summed E-state index contributed by atoms with van der Waals surface area (Å²) in [6, 6.07) is 1.51. The highest BCUT2D eigenvalue weighted by Gasteiger charge is 2.39. The predicted octanol–water partition coefficient (Wildman–Crippen LogP) is 0.754. The Labute approximate surface area is 143 Å². The molecule has 2 N–H and O–H groups in total. The van der Waals surface area contributed by atoms with Gasteiger partial charge in [-0.25, -0.2) is 15.0 Å². The van der Waals surface area contributed by atoms with Crippen LogP contribution in [0.3, 0.4) is 0 Å². The number of fused-ring (bicyclic) bond motifs is 2. The van der Waals surface area contributed by atoms with Gasteiger partial charge in [0.05, 0.1) is 12.1 Å². The van der Waals surface area contributed by atoms with Gasteiger partial charge in [0.15, 0.2) is 11.5 Å². The Kier molecular flexibility index (Phi) is 3.49. The third-order valence-corrected chi connectivity index (χ3v) is 4.04. The Morgan fingerprint density at radius 1 is 1.23 bits per heavy atom. The van der Waals surface area contributed by atoms with Gasteiger partial charge in [0, 0.05) is 24.7 Å². The van der Waals surface area contributed by atoms with Crippen molar-refractivity contribution in [3.8, 4) is 0 Å². The standard InChI is InChI=1S/C14H11F3N8O/c15-14(16,17)13-23-22-9-5-24(1-2-25(9)13)12-8(10(18)26)3-7-4-19-6-20-11(7)21-12/h3-4,6H,1-2,5H2,(H2,18,26). The van der Waals surface area contributed by atoms with Crippen LogP contribution in [0.1, 0.15) is 22.0 Å². The molecule has 0 atom stereocenters. The summed E-state index contributed by atoms with van der Waals surface area (Å²) in [6.45, 7) is 0.184. The second-order valence-electron chi connectivity index (χ2n) is 5.67. The molecule has 1 aliphatic rings. The number of hydrogen-bond donors (Lipinski definition) is 1. The number of halogens is 3. The fraction of sp³-hybridized carbons (Fsp3) is 0.286. The zero-order chi connectivity index (χ0) is 18.5. The summed E-state index contributed by atoms with van der Waals surface area (Å²) in [7, 11) is 0. The van der Waals surface area contributed by atoms with E-state index in [1.807, 2.05) is 0 Å². The minimum absolute atomic E-state index is 0.00112. The van der Waals surface area contributed by atoms with Crippen LogP contribution >= 0.6 is 0 Å². The molecule has 134 valence electrons. The molecule has 3 aromatic rings. The highest BCUT2D eigenvalue weighted by atomic mass is 19.4. The van der Waals surface area contributed by atoms with E-state index >= 15 is 0 Å². The van der Waals surface area contributed by atoms with E-state index in [0.29, 0.717) is 11.0 Å². The fourth-order valence-corrected chi connectivity index (χ4v) is 2.88. The third kappa shape index (κ3) is 2.59. The number of nitrogens with zero attached hydrogens (tertiary/aromatic N) is 7. The quantitative estimate of drug-likeness (QED) is 0.713. The van der Waals surface area contributed by atoms with Crippen LogP contribution in [0.15, 0.2) is 18.6 Å². The van der Waals surface area contributed by atoms with E-state index in [1.165, 1.54) is 18.6 Å². The van der Waals surface area contributed by atoms with Crippen molar-refractivity contribution in [2.24, 2.45) is 5.73 Å². The van der Waals surface area contributed by atoms with Crippen LogP contribution < -0.4 is 10.6 Å². The van der Waals surface area contributed by atoms with E-state index in [9.17, 15) is 18.0 Å². The van der Waals surface area contributed by atoms with E-state index in [0.717, 1.165) is 4.57 Å². The van der Waals surface area contributed by atoms with Gasteiger partial charge >= 0.3 is 6.18 Å². The summed E-state index contributed by atoms with van der Waals surface area (Å²) in [5, 5.41) is 7.38. The van der Waals surface area contributed by atoms with E-state index < -0.39 is 17.9 Å². The van der Waals surface area contributed by atoms with Crippen molar-refractivity contribution in [3.05, 3.63) is 35.8 Å². The maximum atomic E-state index is 12.9. The van der Waals surface area contributed by atoms with Crippen LogP contribution in [0.5, 0.6) is 0 Å². The Hall–Kier alpha value is -3.31. The molecule has 4 rings (SSSR count). The summed E-state index contributed by atoms with van der Waals surface area (Å²) in [5.41, 5.74) is 5.93. The van der Waals surface area contributed by atoms with Crippen molar-refractivity contribution >= 4 is 22.8 Å². The average Bonchev–Trinajstić information content (AvgIpc) is 3.04. The van der Waals surface area contributed by atoms with Gasteiger partial charge in [-0.1, -0.05) is 0 Å². The summed E-state index contributed by atoms with van der Waals surface area (Å²) in [4.78, 5) is 25.7. The lowest BCUT2D eigenvalue weighted by molar-refractivity contribution is -0.147. The number of primary amides is 1. The van der Waals surface area contributed by atoms with Gasteiger partial charge in [-0.15, -0.1) is 10.2 Å². The van der Waals surface area contributed by atoms with Gasteiger partial charge < -0.3 is 15.2 Å². The number of nitrogens with two attached hydrogens (primary N) is 1. The molecule has 1 aliphatic heterocycles. The lowest BCUT2D eigenvalue weighted by Crippen LogP contribution is -2.37. The smallest absolute Gasteiger partial charge is 0.365 e. The molecular formula is C14H11F3N8O. The first-order valence-corrected chi connectivity index (χ1v) is 7.49. The normalized spacial score (nSPS) is 14.5. The minimum atomic E-state index is -4.58. The summed E-state index contributed by atoms with van der Waals surface area (Å²) in [6.07, 6.45) is -1.77. The van der Waals surface area contributed by atoms with Crippen LogP contribution in [0.4, 0.5) is 19.0 Å². The van der Waals surface area contributed by atoms with Gasteiger partial charge in [-0.3, -0.25) is 4.79 Å². The van der Waals surface area contributed by atoms with Crippen LogP contribution in [0, 0.1) is 0 Å². The van der Waals surface area contributed by atoms with Crippen molar-refractivity contribution < 1.29 is 18.0 Å². The number of amides is 1. The molecule has 0 unspecified atom stereocenters. The summed E-state index contributed by atoms with van der Waals surface area (Å²) < 4.78 is 39.9. The molecule has 3 aromatic heterocycles. The molecule has 0 aromatic carbocycles. The molecule has 0 aliphatic carbocycles. The number of carbonyl (C=O) groups excluding carboxylic acids is 1. The Morgan fingerprint density at radius 3 is 2.77 bits per heavy atom. The van der Waals surface area contributed by atoms with Crippen LogP contribution in [0.2, 0.25) is 0 Å². The van der Waals surface area contributed by atoms with Crippen LogP contribution in [-0.4, -0.2) is 42.2 Å². The first-order valence-electron chi connectivity index (χ1n) is 7.49. The van der Waals surface area contributed by atoms with Crippen molar-refractivity contribution in [2.75, 3.05) is 11.4 Å². The molecule has 9 nitrogen and oxygen atoms in total. The van der Waals surface area contributed by atoms with E-state index in [2.05, 4.69) is 25.1 Å². The number of aromatic nitrogens is 6. The van der Waals surface area contributed by atoms with E-state index in [1.54, 1.807) is 4.90 Å². The van der Waals surface area contributed by atoms with Crippen molar-refractivity contribution in [2.45, 2.75) is 19.3 Å². The first kappa shape index (κ1) is 16.2. The number of alkyl halides is 3. The molecule has 0 saturated heterocycles. The molecule has 12 heteroatoms. The van der Waals surface area contributed by atoms with E-state index in [-0.39, 0.29) is 36.8 Å². The van der Waals surface area contributed by atoms with Gasteiger partial charge in [0.1, 0.15) is 12.1 Å². The molecule has 26 heavy (non-hydrogen) atoms. The van der Waals surface area contributed by atoms with Gasteiger partial charge in [-0.05, 0) is 6.07 Å². The number of rotatable bonds is 2. The SMILES string of the molecule is NC(=O)c1cc2cncnc2nc1N1CCn2c(nnc2C(F)(F)F)C1. The second-order valence-corrected chi connectivity index (χ2v) is 5.67. The zero-order valence-corrected chi connectivity index (χ0v) is 13.1. The Balaban J connectivity index is 1.76. The van der Waals surface area contributed by atoms with Crippen molar-refractivity contribution in [1.82, 2.24) is 29.7 Å². The second kappa shape index (κ2) is 5.61. The maximum absolute atomic E-state index is 12.9. The molecule has 0 spiro atoms. The number of hydrogen-bond acceptors (Lipinski definition) is 7. The molecule has 0 bridgehead atoms. The fourth-order valence-electron chi connectivity index (χ4n) is 2.88. The monoisotopic (exact) mass is 364 g/mol. The predicted molar refractivity (Wildman–Crippen MR) is 81.9 cm³/mol. The van der Waals surface area contributed by atoms with Crippen LogP contribution in [0.25, 0.3) is 11.0 Å². The summed E-state index contributed by atoms with van der Waals surface area (Å²) >= 11 is 0. The molecular weight excluding hydrogens is 353 g/mol. The highest BCUT2D eigenvalue weighted by molar-refractivity contribution is 6.00. The molecule has 0 radical (unpaired) electrons. The molecule has 0 saturated carbocycles. The molecule has 1 amide bonds. The van der Waals surface area contributed by atoms with Crippen LogP contribution in [-0.2, 0) is 19.3 Å². The minimum Gasteiger partial charge on any atom is -0.365 e. The number of pyridine rings is 1. The van der Waals surface area contributed by atoms with Gasteiger partial charge in [0.2, 0.25) is 5.82 Å². The number of carbonyl (C=O) groups is 1. The largest absolute Gasteiger partial charge is 0.451 e. The van der Waals surface area contributed by atoms with Crippen molar-refractivity contribution in [3.63, 3.8) is 0 Å². The average molecular weight is 364 g/mol. The highest BCUT2D eigenvalue weighted by Crippen LogP contribution is 2.31. The molecule has 0 fully saturated rings. The molecule has 4 heterocycles. The maximum Gasteiger partial charge on any atom is 0.451 e. The van der Waals surface area contributed by atoms with Gasteiger partial charge in [-0.2, -0.15) is 13.2 Å². The van der Waals surface area contributed by atoms with E-state index in [4.69, 9.17) is 5.73 Å².